The van der Waals surface area contributed by atoms with Gasteiger partial charge in [-0.15, -0.1) is 0 Å². The van der Waals surface area contributed by atoms with Crippen molar-refractivity contribution in [1.82, 2.24) is 0 Å². The molecular weight excluding hydrogens is 140 g/mol. The molecule has 0 fully saturated rings. The van der Waals surface area contributed by atoms with Crippen LogP contribution in [0.1, 0.15) is 39.5 Å². The third-order valence-electron chi connectivity index (χ3n) is 2.05. The molecule has 0 aromatic rings. The summed E-state index contributed by atoms with van der Waals surface area (Å²) < 4.78 is 0. The first-order chi connectivity index (χ1) is 5.22. The zero-order chi connectivity index (χ0) is 8.69. The van der Waals surface area contributed by atoms with Crippen LogP contribution in [0.25, 0.3) is 0 Å². The van der Waals surface area contributed by atoms with Crippen LogP contribution in [0.5, 0.6) is 0 Å². The van der Waals surface area contributed by atoms with Gasteiger partial charge in [-0.1, -0.05) is 33.1 Å². The van der Waals surface area contributed by atoms with Crippen LogP contribution >= 0.6 is 0 Å². The van der Waals surface area contributed by atoms with E-state index in [0.717, 1.165) is 12.8 Å². The summed E-state index contributed by atoms with van der Waals surface area (Å²) in [6, 6.07) is 0. The lowest BCUT2D eigenvalue weighted by Crippen LogP contribution is -2.20. The van der Waals surface area contributed by atoms with Crippen molar-refractivity contribution in [3.05, 3.63) is 0 Å². The zero-order valence-electron chi connectivity index (χ0n) is 7.58. The Morgan fingerprint density at radius 2 is 1.91 bits per heavy atom. The molecule has 0 bridgehead atoms. The van der Waals surface area contributed by atoms with E-state index in [1.165, 1.54) is 12.8 Å². The van der Waals surface area contributed by atoms with Crippen molar-refractivity contribution in [1.29, 1.82) is 0 Å². The Balaban J connectivity index is 3.28. The third-order valence-corrected chi connectivity index (χ3v) is 2.05. The molecule has 0 aliphatic rings. The van der Waals surface area contributed by atoms with E-state index < -0.39 is 0 Å². The van der Waals surface area contributed by atoms with Gasteiger partial charge >= 0.3 is 0 Å². The summed E-state index contributed by atoms with van der Waals surface area (Å²) in [6.45, 7) is 4.10. The largest absolute Gasteiger partial charge is 0.396 e. The van der Waals surface area contributed by atoms with Gasteiger partial charge in [0.25, 0.3) is 0 Å². The predicted octanol–water partition coefficient (Wildman–Crippen LogP) is 1.56. The van der Waals surface area contributed by atoms with Gasteiger partial charge in [-0.2, -0.15) is 0 Å². The summed E-state index contributed by atoms with van der Waals surface area (Å²) in [6.07, 6.45) is 3.94. The van der Waals surface area contributed by atoms with Crippen molar-refractivity contribution in [2.45, 2.75) is 45.6 Å². The summed E-state index contributed by atoms with van der Waals surface area (Å²) >= 11 is 0. The fourth-order valence-corrected chi connectivity index (χ4v) is 1.01. The van der Waals surface area contributed by atoms with Crippen molar-refractivity contribution in [2.75, 3.05) is 6.61 Å². The van der Waals surface area contributed by atoms with E-state index in [1.807, 2.05) is 6.92 Å². The molecule has 2 N–H and O–H groups in total. The Hall–Kier alpha value is -0.0800. The Bertz CT molecular complexity index is 83.6. The topological polar surface area (TPSA) is 40.5 Å². The van der Waals surface area contributed by atoms with Crippen molar-refractivity contribution >= 4 is 0 Å². The molecule has 0 spiro atoms. The number of aliphatic hydroxyl groups is 2. The minimum absolute atomic E-state index is 0.0341. The van der Waals surface area contributed by atoms with E-state index in [2.05, 4.69) is 6.92 Å². The standard InChI is InChI=1S/C9H20O2/c1-3-4-5-6-9(11)8(2)7-10/h8-11H,3-7H2,1-2H3/t8-,9-/m1/s1. The van der Waals surface area contributed by atoms with Gasteiger partial charge in [0.05, 0.1) is 6.10 Å². The number of rotatable bonds is 6. The summed E-state index contributed by atoms with van der Waals surface area (Å²) in [5.74, 6) is 0.0341. The van der Waals surface area contributed by atoms with Gasteiger partial charge in [0.15, 0.2) is 0 Å². The van der Waals surface area contributed by atoms with Gasteiger partial charge in [0, 0.05) is 12.5 Å². The molecular formula is C9H20O2. The molecule has 0 unspecified atom stereocenters. The summed E-state index contributed by atoms with van der Waals surface area (Å²) in [5, 5.41) is 18.1. The van der Waals surface area contributed by atoms with E-state index in [4.69, 9.17) is 5.11 Å². The summed E-state index contributed by atoms with van der Waals surface area (Å²) in [7, 11) is 0. The molecule has 0 aromatic heterocycles. The lowest BCUT2D eigenvalue weighted by atomic mass is 10.0. The van der Waals surface area contributed by atoms with E-state index in [0.29, 0.717) is 0 Å². The van der Waals surface area contributed by atoms with Crippen LogP contribution in [0.2, 0.25) is 0 Å². The minimum Gasteiger partial charge on any atom is -0.396 e. The van der Waals surface area contributed by atoms with E-state index >= 15 is 0 Å². The fraction of sp³-hybridized carbons (Fsp3) is 1.00. The van der Waals surface area contributed by atoms with Crippen LogP contribution in [0.15, 0.2) is 0 Å². The van der Waals surface area contributed by atoms with Gasteiger partial charge in [0.2, 0.25) is 0 Å². The molecule has 0 amide bonds. The van der Waals surface area contributed by atoms with Gasteiger partial charge in [-0.25, -0.2) is 0 Å². The molecule has 0 aliphatic heterocycles. The van der Waals surface area contributed by atoms with E-state index in [1.54, 1.807) is 0 Å². The highest BCUT2D eigenvalue weighted by Gasteiger charge is 2.11. The molecule has 2 heteroatoms. The highest BCUT2D eigenvalue weighted by atomic mass is 16.3. The lowest BCUT2D eigenvalue weighted by molar-refractivity contribution is 0.0686. The second-order valence-electron chi connectivity index (χ2n) is 3.22. The SMILES string of the molecule is CCCCC[C@@H](O)[C@H](C)CO. The number of hydrogen-bond acceptors (Lipinski definition) is 2. The average Bonchev–Trinajstić information content (AvgIpc) is 2.03. The number of aliphatic hydroxyl groups excluding tert-OH is 2. The first kappa shape index (κ1) is 10.9. The Morgan fingerprint density at radius 1 is 1.27 bits per heavy atom. The first-order valence-corrected chi connectivity index (χ1v) is 4.51. The molecule has 68 valence electrons. The van der Waals surface area contributed by atoms with Crippen molar-refractivity contribution in [2.24, 2.45) is 5.92 Å². The van der Waals surface area contributed by atoms with Crippen molar-refractivity contribution in [3.63, 3.8) is 0 Å². The average molecular weight is 160 g/mol. The quantitative estimate of drug-likeness (QED) is 0.579. The van der Waals surface area contributed by atoms with Crippen LogP contribution in [-0.2, 0) is 0 Å². The zero-order valence-corrected chi connectivity index (χ0v) is 7.58. The van der Waals surface area contributed by atoms with Crippen LogP contribution in [-0.4, -0.2) is 22.9 Å². The van der Waals surface area contributed by atoms with Crippen LogP contribution in [0, 0.1) is 5.92 Å². The predicted molar refractivity (Wildman–Crippen MR) is 46.4 cm³/mol. The molecule has 11 heavy (non-hydrogen) atoms. The maximum absolute atomic E-state index is 9.38. The van der Waals surface area contributed by atoms with Crippen LogP contribution in [0.4, 0.5) is 0 Å². The molecule has 0 rings (SSSR count). The molecule has 0 heterocycles. The third kappa shape index (κ3) is 5.22. The molecule has 0 aromatic carbocycles. The Labute approximate surface area is 69.2 Å². The number of unbranched alkanes of at least 4 members (excludes halogenated alkanes) is 2. The second-order valence-corrected chi connectivity index (χ2v) is 3.22. The van der Waals surface area contributed by atoms with Crippen molar-refractivity contribution in [3.8, 4) is 0 Å². The molecule has 0 saturated carbocycles. The summed E-state index contributed by atoms with van der Waals surface area (Å²) in [5.41, 5.74) is 0. The van der Waals surface area contributed by atoms with E-state index in [-0.39, 0.29) is 18.6 Å². The van der Waals surface area contributed by atoms with Gasteiger partial charge < -0.3 is 10.2 Å². The van der Waals surface area contributed by atoms with E-state index in [9.17, 15) is 5.11 Å². The Kier molecular flexibility index (Phi) is 6.57. The van der Waals surface area contributed by atoms with Crippen LogP contribution < -0.4 is 0 Å². The Morgan fingerprint density at radius 3 is 2.36 bits per heavy atom. The first-order valence-electron chi connectivity index (χ1n) is 4.51. The maximum Gasteiger partial charge on any atom is 0.0587 e. The maximum atomic E-state index is 9.38. The summed E-state index contributed by atoms with van der Waals surface area (Å²) in [4.78, 5) is 0. The molecule has 0 radical (unpaired) electrons. The normalized spacial score (nSPS) is 16.4. The fourth-order valence-electron chi connectivity index (χ4n) is 1.01. The highest BCUT2D eigenvalue weighted by Crippen LogP contribution is 2.10. The molecule has 2 atom stereocenters. The van der Waals surface area contributed by atoms with Crippen LogP contribution in [0.3, 0.4) is 0 Å². The highest BCUT2D eigenvalue weighted by molar-refractivity contribution is 4.62. The second kappa shape index (κ2) is 6.62. The van der Waals surface area contributed by atoms with Gasteiger partial charge in [-0.3, -0.25) is 0 Å². The lowest BCUT2D eigenvalue weighted by Gasteiger charge is -2.15. The molecule has 0 saturated heterocycles. The minimum atomic E-state index is -0.313. The monoisotopic (exact) mass is 160 g/mol. The smallest absolute Gasteiger partial charge is 0.0587 e. The van der Waals surface area contributed by atoms with Crippen molar-refractivity contribution < 1.29 is 10.2 Å². The number of hydrogen-bond donors (Lipinski definition) is 2. The van der Waals surface area contributed by atoms with Gasteiger partial charge in [-0.05, 0) is 6.42 Å². The molecule has 0 aliphatic carbocycles. The van der Waals surface area contributed by atoms with Gasteiger partial charge in [0.1, 0.15) is 0 Å². The molecule has 2 nitrogen and oxygen atoms in total.